The zero-order valence-electron chi connectivity index (χ0n) is 16.1. The molecule has 0 aromatic carbocycles. The van der Waals surface area contributed by atoms with Crippen molar-refractivity contribution < 1.29 is 4.79 Å². The summed E-state index contributed by atoms with van der Waals surface area (Å²) < 4.78 is 1.71. The third kappa shape index (κ3) is 3.61. The molecule has 3 rings (SSSR count). The van der Waals surface area contributed by atoms with Crippen LogP contribution in [0.15, 0.2) is 0 Å². The number of rotatable bonds is 5. The highest BCUT2D eigenvalue weighted by Gasteiger charge is 2.20. The molecular weight excluding hydrogens is 332 g/mol. The van der Waals surface area contributed by atoms with E-state index in [4.69, 9.17) is 0 Å². The molecule has 9 heteroatoms. The van der Waals surface area contributed by atoms with Gasteiger partial charge in [-0.25, -0.2) is 0 Å². The maximum absolute atomic E-state index is 12.6. The first-order valence-corrected chi connectivity index (χ1v) is 8.82. The maximum atomic E-state index is 12.6. The first-order chi connectivity index (χ1) is 12.4. The number of carbonyl (C=O) groups excluding carboxylic acids is 1. The van der Waals surface area contributed by atoms with Gasteiger partial charge in [0.25, 0.3) is 5.91 Å². The Balaban J connectivity index is 1.79. The van der Waals surface area contributed by atoms with Crippen molar-refractivity contribution in [2.45, 2.75) is 33.2 Å². The maximum Gasteiger partial charge on any atom is 0.255 e. The van der Waals surface area contributed by atoms with E-state index in [2.05, 4.69) is 30.3 Å². The lowest BCUT2D eigenvalue weighted by Gasteiger charge is -2.19. The minimum absolute atomic E-state index is 0.164. The number of hydrogen-bond donors (Lipinski definition) is 1. The summed E-state index contributed by atoms with van der Waals surface area (Å²) in [4.78, 5) is 30.1. The van der Waals surface area contributed by atoms with Gasteiger partial charge in [-0.15, -0.1) is 0 Å². The Morgan fingerprint density at radius 2 is 1.85 bits per heavy atom. The molecule has 0 radical (unpaired) electrons. The Morgan fingerprint density at radius 3 is 2.42 bits per heavy atom. The smallest absolute Gasteiger partial charge is 0.255 e. The molecule has 0 aliphatic carbocycles. The number of nitrogens with zero attached hydrogens (tertiary/aromatic N) is 7. The highest BCUT2D eigenvalue weighted by molar-refractivity contribution is 5.96. The zero-order chi connectivity index (χ0) is 18.8. The zero-order valence-corrected chi connectivity index (χ0v) is 16.1. The second kappa shape index (κ2) is 7.27. The molecule has 1 fully saturated rings. The van der Waals surface area contributed by atoms with Crippen molar-refractivity contribution in [3.8, 4) is 0 Å². The largest absolute Gasteiger partial charge is 0.347 e. The van der Waals surface area contributed by atoms with E-state index in [0.717, 1.165) is 31.6 Å². The fourth-order valence-electron chi connectivity index (χ4n) is 3.08. The molecular formula is C17H26N8O. The van der Waals surface area contributed by atoms with Gasteiger partial charge in [0.05, 0.1) is 17.8 Å². The molecule has 9 nitrogen and oxygen atoms in total. The first-order valence-electron chi connectivity index (χ1n) is 8.82. The lowest BCUT2D eigenvalue weighted by Crippen LogP contribution is -2.28. The van der Waals surface area contributed by atoms with Gasteiger partial charge >= 0.3 is 0 Å². The molecule has 0 saturated carbocycles. The number of anilines is 2. The summed E-state index contributed by atoms with van der Waals surface area (Å²) >= 11 is 0. The Kier molecular flexibility index (Phi) is 5.06. The summed E-state index contributed by atoms with van der Waals surface area (Å²) in [5.41, 5.74) is 2.15. The highest BCUT2D eigenvalue weighted by Crippen LogP contribution is 2.18. The lowest BCUT2D eigenvalue weighted by atomic mass is 10.2. The van der Waals surface area contributed by atoms with Crippen LogP contribution in [0.3, 0.4) is 0 Å². The van der Waals surface area contributed by atoms with E-state index in [9.17, 15) is 4.79 Å². The number of nitrogens with one attached hydrogen (secondary N) is 1. The van der Waals surface area contributed by atoms with Gasteiger partial charge in [0.15, 0.2) is 5.82 Å². The van der Waals surface area contributed by atoms with E-state index in [0.29, 0.717) is 29.0 Å². The third-order valence-electron chi connectivity index (χ3n) is 4.59. The van der Waals surface area contributed by atoms with Gasteiger partial charge in [-0.05, 0) is 26.7 Å². The van der Waals surface area contributed by atoms with Crippen molar-refractivity contribution in [3.05, 3.63) is 22.8 Å². The van der Waals surface area contributed by atoms with E-state index in [1.165, 1.54) is 0 Å². The molecule has 1 N–H and O–H groups in total. The number of hydrogen-bond acceptors (Lipinski definition) is 7. The normalized spacial score (nSPS) is 14.0. The van der Waals surface area contributed by atoms with Crippen LogP contribution in [-0.2, 0) is 13.6 Å². The fraction of sp³-hybridized carbons (Fsp3) is 0.588. The summed E-state index contributed by atoms with van der Waals surface area (Å²) in [6, 6.07) is 0. The topological polar surface area (TPSA) is 92.1 Å². The first kappa shape index (κ1) is 18.1. The number of aryl methyl sites for hydroxylation is 2. The Morgan fingerprint density at radius 1 is 1.15 bits per heavy atom. The Labute approximate surface area is 153 Å². The third-order valence-corrected chi connectivity index (χ3v) is 4.59. The Bertz CT molecular complexity index is 807. The van der Waals surface area contributed by atoms with Gasteiger partial charge in [-0.3, -0.25) is 9.48 Å². The standard InChI is InChI=1S/C17H26N8O/c1-11-14(12(2)24(5)22-11)15(26)18-10-13-19-16(23(3)4)21-17(20-13)25-8-6-7-9-25/h6-10H2,1-5H3,(H,18,26). The van der Waals surface area contributed by atoms with Gasteiger partial charge in [0.2, 0.25) is 11.9 Å². The fourth-order valence-corrected chi connectivity index (χ4v) is 3.08. The quantitative estimate of drug-likeness (QED) is 0.846. The summed E-state index contributed by atoms with van der Waals surface area (Å²) in [5.74, 6) is 1.67. The molecule has 1 saturated heterocycles. The predicted octanol–water partition coefficient (Wildman–Crippen LogP) is 0.818. The van der Waals surface area contributed by atoms with E-state index in [1.807, 2.05) is 39.9 Å². The number of carbonyl (C=O) groups is 1. The van der Waals surface area contributed by atoms with Crippen molar-refractivity contribution in [2.75, 3.05) is 37.0 Å². The summed E-state index contributed by atoms with van der Waals surface area (Å²) in [7, 11) is 5.62. The number of amides is 1. The van der Waals surface area contributed by atoms with E-state index >= 15 is 0 Å². The minimum atomic E-state index is -0.164. The molecule has 2 aromatic rings. The molecule has 26 heavy (non-hydrogen) atoms. The van der Waals surface area contributed by atoms with Crippen LogP contribution in [0.4, 0.5) is 11.9 Å². The molecule has 0 bridgehead atoms. The van der Waals surface area contributed by atoms with Crippen LogP contribution in [-0.4, -0.2) is 57.8 Å². The van der Waals surface area contributed by atoms with Crippen LogP contribution in [0.25, 0.3) is 0 Å². The molecule has 0 unspecified atom stereocenters. The summed E-state index contributed by atoms with van der Waals surface area (Å²) in [6.45, 7) is 5.87. The number of aromatic nitrogens is 5. The molecule has 2 aromatic heterocycles. The van der Waals surface area contributed by atoms with Crippen LogP contribution in [0.5, 0.6) is 0 Å². The molecule has 0 atom stereocenters. The molecule has 1 aliphatic rings. The van der Waals surface area contributed by atoms with Crippen LogP contribution in [0.1, 0.15) is 40.4 Å². The average molecular weight is 358 g/mol. The van der Waals surface area contributed by atoms with Gasteiger partial charge in [-0.1, -0.05) is 0 Å². The van der Waals surface area contributed by atoms with Crippen molar-refractivity contribution in [1.82, 2.24) is 30.0 Å². The van der Waals surface area contributed by atoms with Gasteiger partial charge in [0, 0.05) is 39.9 Å². The summed E-state index contributed by atoms with van der Waals surface area (Å²) in [5, 5.41) is 7.20. The SMILES string of the molecule is Cc1nn(C)c(C)c1C(=O)NCc1nc(N(C)C)nc(N2CCCC2)n1. The second-order valence-electron chi connectivity index (χ2n) is 6.79. The summed E-state index contributed by atoms with van der Waals surface area (Å²) in [6.07, 6.45) is 2.29. The van der Waals surface area contributed by atoms with Crippen molar-refractivity contribution in [1.29, 1.82) is 0 Å². The van der Waals surface area contributed by atoms with Crippen molar-refractivity contribution in [3.63, 3.8) is 0 Å². The molecule has 0 spiro atoms. The van der Waals surface area contributed by atoms with Crippen molar-refractivity contribution >= 4 is 17.8 Å². The monoisotopic (exact) mass is 358 g/mol. The van der Waals surface area contributed by atoms with Crippen molar-refractivity contribution in [2.24, 2.45) is 7.05 Å². The molecule has 140 valence electrons. The van der Waals surface area contributed by atoms with Gasteiger partial charge in [-0.2, -0.15) is 20.1 Å². The van der Waals surface area contributed by atoms with Crippen LogP contribution in [0.2, 0.25) is 0 Å². The van der Waals surface area contributed by atoms with Gasteiger partial charge < -0.3 is 15.1 Å². The predicted molar refractivity (Wildman–Crippen MR) is 99.5 cm³/mol. The van der Waals surface area contributed by atoms with Gasteiger partial charge in [0.1, 0.15) is 0 Å². The van der Waals surface area contributed by atoms with Crippen LogP contribution in [0, 0.1) is 13.8 Å². The van der Waals surface area contributed by atoms with E-state index < -0.39 is 0 Å². The lowest BCUT2D eigenvalue weighted by molar-refractivity contribution is 0.0948. The molecule has 1 amide bonds. The second-order valence-corrected chi connectivity index (χ2v) is 6.79. The molecule has 3 heterocycles. The highest BCUT2D eigenvalue weighted by atomic mass is 16.1. The molecule has 1 aliphatic heterocycles. The minimum Gasteiger partial charge on any atom is -0.347 e. The van der Waals surface area contributed by atoms with Crippen LogP contribution < -0.4 is 15.1 Å². The van der Waals surface area contributed by atoms with Crippen LogP contribution >= 0.6 is 0 Å². The van der Waals surface area contributed by atoms with E-state index in [1.54, 1.807) is 4.68 Å². The Hall–Kier alpha value is -2.71. The average Bonchev–Trinajstić information content (AvgIpc) is 3.21. The van der Waals surface area contributed by atoms with E-state index in [-0.39, 0.29) is 12.5 Å².